The summed E-state index contributed by atoms with van der Waals surface area (Å²) in [4.78, 5) is 0. The van der Waals surface area contributed by atoms with Crippen LogP contribution in [0.1, 0.15) is 39.5 Å². The van der Waals surface area contributed by atoms with Gasteiger partial charge in [-0.25, -0.2) is 0 Å². The molecule has 2 saturated carbocycles. The summed E-state index contributed by atoms with van der Waals surface area (Å²) in [6.07, 6.45) is 4.43. The summed E-state index contributed by atoms with van der Waals surface area (Å²) in [5, 5.41) is 9.51. The molecule has 2 aliphatic rings. The Hall–Kier alpha value is -0.120. The van der Waals surface area contributed by atoms with Gasteiger partial charge in [-0.05, 0) is 31.1 Å². The quantitative estimate of drug-likeness (QED) is 0.802. The molecule has 0 heterocycles. The molecule has 1 N–H and O–H groups in total. The minimum atomic E-state index is -0.326. The maximum atomic E-state index is 9.51. The molecule has 2 rings (SSSR count). The molecule has 16 heavy (non-hydrogen) atoms. The zero-order chi connectivity index (χ0) is 11.7. The van der Waals surface area contributed by atoms with Crippen LogP contribution >= 0.6 is 0 Å². The first-order valence-electron chi connectivity index (χ1n) is 6.46. The van der Waals surface area contributed by atoms with Gasteiger partial charge in [-0.2, -0.15) is 0 Å². The Morgan fingerprint density at radius 2 is 1.62 bits per heavy atom. The van der Waals surface area contributed by atoms with E-state index in [2.05, 4.69) is 13.8 Å². The smallest absolute Gasteiger partial charge is 0.109 e. The number of rotatable bonds is 3. The molecule has 0 spiro atoms. The molecule has 5 unspecified atom stereocenters. The normalized spacial score (nSPS) is 48.8. The van der Waals surface area contributed by atoms with Crippen molar-refractivity contribution in [1.82, 2.24) is 0 Å². The van der Waals surface area contributed by atoms with Crippen LogP contribution in [0.2, 0.25) is 0 Å². The molecule has 3 heteroatoms. The Morgan fingerprint density at radius 1 is 1.00 bits per heavy atom. The lowest BCUT2D eigenvalue weighted by molar-refractivity contribution is -0.204. The Morgan fingerprint density at radius 3 is 2.12 bits per heavy atom. The van der Waals surface area contributed by atoms with E-state index < -0.39 is 0 Å². The van der Waals surface area contributed by atoms with Crippen molar-refractivity contribution >= 4 is 0 Å². The summed E-state index contributed by atoms with van der Waals surface area (Å²) in [5.41, 5.74) is 0. The molecule has 0 aromatic carbocycles. The maximum absolute atomic E-state index is 9.51. The van der Waals surface area contributed by atoms with Crippen molar-refractivity contribution < 1.29 is 14.6 Å². The molecule has 0 aromatic rings. The average Bonchev–Trinajstić information content (AvgIpc) is 2.15. The number of hydrogen-bond acceptors (Lipinski definition) is 3. The number of aliphatic hydroxyl groups excluding tert-OH is 1. The van der Waals surface area contributed by atoms with Crippen molar-refractivity contribution in [2.75, 3.05) is 7.11 Å². The Bertz CT molecular complexity index is 221. The van der Waals surface area contributed by atoms with E-state index in [4.69, 9.17) is 9.47 Å². The van der Waals surface area contributed by atoms with Gasteiger partial charge < -0.3 is 14.6 Å². The maximum Gasteiger partial charge on any atom is 0.109 e. The van der Waals surface area contributed by atoms with Crippen molar-refractivity contribution in [2.45, 2.75) is 63.9 Å². The van der Waals surface area contributed by atoms with Gasteiger partial charge in [0.15, 0.2) is 0 Å². The lowest BCUT2D eigenvalue weighted by Gasteiger charge is -2.43. The highest BCUT2D eigenvalue weighted by molar-refractivity contribution is 4.93. The third kappa shape index (κ3) is 2.58. The minimum absolute atomic E-state index is 0.104. The standard InChI is InChI=1S/C13H24O3/c1-8-4-9(2)6-10(5-8)16-12-7-11(14)13(12)15-3/h8-14H,4-7H2,1-3H3. The van der Waals surface area contributed by atoms with Crippen LogP contribution in [-0.2, 0) is 9.47 Å². The predicted molar refractivity (Wildman–Crippen MR) is 62.3 cm³/mol. The van der Waals surface area contributed by atoms with Gasteiger partial charge in [0.1, 0.15) is 6.10 Å². The molecule has 5 atom stereocenters. The van der Waals surface area contributed by atoms with E-state index in [-0.39, 0.29) is 18.3 Å². The zero-order valence-electron chi connectivity index (χ0n) is 10.6. The van der Waals surface area contributed by atoms with Gasteiger partial charge in [0.2, 0.25) is 0 Å². The van der Waals surface area contributed by atoms with Gasteiger partial charge in [-0.3, -0.25) is 0 Å². The molecular weight excluding hydrogens is 204 g/mol. The van der Waals surface area contributed by atoms with Crippen molar-refractivity contribution in [3.05, 3.63) is 0 Å². The lowest BCUT2D eigenvalue weighted by atomic mass is 9.81. The molecule has 3 nitrogen and oxygen atoms in total. The second-order valence-corrected chi connectivity index (χ2v) is 5.72. The fraction of sp³-hybridized carbons (Fsp3) is 1.00. The molecule has 0 amide bonds. The predicted octanol–water partition coefficient (Wildman–Crippen LogP) is 1.98. The second-order valence-electron chi connectivity index (χ2n) is 5.72. The summed E-state index contributed by atoms with van der Waals surface area (Å²) in [7, 11) is 1.65. The number of ether oxygens (including phenoxy) is 2. The van der Waals surface area contributed by atoms with Crippen LogP contribution in [0, 0.1) is 11.8 Å². The van der Waals surface area contributed by atoms with E-state index in [9.17, 15) is 5.11 Å². The van der Waals surface area contributed by atoms with Crippen LogP contribution in [0.3, 0.4) is 0 Å². The van der Waals surface area contributed by atoms with Gasteiger partial charge in [0.05, 0.1) is 18.3 Å². The first-order chi connectivity index (χ1) is 7.60. The zero-order valence-corrected chi connectivity index (χ0v) is 10.6. The lowest BCUT2D eigenvalue weighted by Crippen LogP contribution is -2.54. The topological polar surface area (TPSA) is 38.7 Å². The Kier molecular flexibility index (Phi) is 3.88. The summed E-state index contributed by atoms with van der Waals surface area (Å²) >= 11 is 0. The fourth-order valence-electron chi connectivity index (χ4n) is 3.23. The van der Waals surface area contributed by atoms with Gasteiger partial charge >= 0.3 is 0 Å². The highest BCUT2D eigenvalue weighted by Gasteiger charge is 2.43. The van der Waals surface area contributed by atoms with Gasteiger partial charge in [-0.15, -0.1) is 0 Å². The van der Waals surface area contributed by atoms with E-state index in [0.717, 1.165) is 31.1 Å². The van der Waals surface area contributed by atoms with Crippen molar-refractivity contribution in [1.29, 1.82) is 0 Å². The van der Waals surface area contributed by atoms with Crippen LogP contribution in [-0.4, -0.2) is 36.6 Å². The van der Waals surface area contributed by atoms with E-state index in [1.54, 1.807) is 7.11 Å². The summed E-state index contributed by atoms with van der Waals surface area (Å²) < 4.78 is 11.3. The Balaban J connectivity index is 1.81. The molecule has 0 aromatic heterocycles. The van der Waals surface area contributed by atoms with Gasteiger partial charge in [-0.1, -0.05) is 13.8 Å². The summed E-state index contributed by atoms with van der Waals surface area (Å²) in [6, 6.07) is 0. The van der Waals surface area contributed by atoms with Crippen LogP contribution in [0.25, 0.3) is 0 Å². The molecule has 0 bridgehead atoms. The molecular formula is C13H24O3. The third-order valence-corrected chi connectivity index (χ3v) is 3.99. The van der Waals surface area contributed by atoms with Crippen LogP contribution < -0.4 is 0 Å². The number of aliphatic hydroxyl groups is 1. The first kappa shape index (κ1) is 12.3. The minimum Gasteiger partial charge on any atom is -0.390 e. The summed E-state index contributed by atoms with van der Waals surface area (Å²) in [5.74, 6) is 1.53. The molecule has 2 aliphatic carbocycles. The molecule has 0 radical (unpaired) electrons. The average molecular weight is 228 g/mol. The van der Waals surface area contributed by atoms with Crippen molar-refractivity contribution in [3.8, 4) is 0 Å². The second kappa shape index (κ2) is 5.03. The van der Waals surface area contributed by atoms with Crippen LogP contribution in [0.15, 0.2) is 0 Å². The molecule has 0 aliphatic heterocycles. The molecule has 94 valence electrons. The SMILES string of the molecule is COC1C(O)CC1OC1CC(C)CC(C)C1. The highest BCUT2D eigenvalue weighted by atomic mass is 16.6. The van der Waals surface area contributed by atoms with E-state index in [1.165, 1.54) is 6.42 Å². The van der Waals surface area contributed by atoms with Crippen molar-refractivity contribution in [3.63, 3.8) is 0 Å². The fourth-order valence-corrected chi connectivity index (χ4v) is 3.23. The van der Waals surface area contributed by atoms with Crippen LogP contribution in [0.4, 0.5) is 0 Å². The largest absolute Gasteiger partial charge is 0.390 e. The van der Waals surface area contributed by atoms with E-state index in [1.807, 2.05) is 0 Å². The Labute approximate surface area is 98.1 Å². The number of hydrogen-bond donors (Lipinski definition) is 1. The monoisotopic (exact) mass is 228 g/mol. The first-order valence-corrected chi connectivity index (χ1v) is 6.46. The molecule has 2 fully saturated rings. The third-order valence-electron chi connectivity index (χ3n) is 3.99. The van der Waals surface area contributed by atoms with E-state index >= 15 is 0 Å². The number of methoxy groups -OCH3 is 1. The van der Waals surface area contributed by atoms with Crippen molar-refractivity contribution in [2.24, 2.45) is 11.8 Å². The summed E-state index contributed by atoms with van der Waals surface area (Å²) in [6.45, 7) is 4.60. The van der Waals surface area contributed by atoms with Crippen LogP contribution in [0.5, 0.6) is 0 Å². The van der Waals surface area contributed by atoms with E-state index in [0.29, 0.717) is 6.10 Å². The van der Waals surface area contributed by atoms with Gasteiger partial charge in [0, 0.05) is 13.5 Å². The molecule has 0 saturated heterocycles. The van der Waals surface area contributed by atoms with Gasteiger partial charge in [0.25, 0.3) is 0 Å². The highest BCUT2D eigenvalue weighted by Crippen LogP contribution is 2.35.